The van der Waals surface area contributed by atoms with Crippen LogP contribution in [0.3, 0.4) is 0 Å². The van der Waals surface area contributed by atoms with E-state index in [1.807, 2.05) is 34.0 Å². The molecule has 0 aromatic carbocycles. The predicted molar refractivity (Wildman–Crippen MR) is 51.6 cm³/mol. The average Bonchev–Trinajstić information content (AvgIpc) is 2.13. The van der Waals surface area contributed by atoms with E-state index in [0.717, 1.165) is 6.61 Å². The van der Waals surface area contributed by atoms with E-state index in [1.54, 1.807) is 0 Å². The number of hydrogen-bond donors (Lipinski definition) is 0. The number of hydrogen-bond acceptors (Lipinski definition) is 1. The maximum atomic E-state index is 5.02. The summed E-state index contributed by atoms with van der Waals surface area (Å²) in [7, 11) is 0. The molecule has 0 aromatic rings. The molecule has 1 heteroatoms. The van der Waals surface area contributed by atoms with Crippen molar-refractivity contribution in [2.45, 2.75) is 47.5 Å². The minimum Gasteiger partial charge on any atom is -0.501 e. The Labute approximate surface area is 71.5 Å². The SMILES string of the molecule is CC.CC.CC1=COCCC1. The Balaban J connectivity index is 0. The Morgan fingerprint density at radius 3 is 1.91 bits per heavy atom. The van der Waals surface area contributed by atoms with Crippen LogP contribution in [0.1, 0.15) is 47.5 Å². The Kier molecular flexibility index (Phi) is 14.6. The topological polar surface area (TPSA) is 9.23 Å². The lowest BCUT2D eigenvalue weighted by Gasteiger charge is -2.08. The summed E-state index contributed by atoms with van der Waals surface area (Å²) in [6.07, 6.45) is 4.27. The van der Waals surface area contributed by atoms with Gasteiger partial charge in [0.15, 0.2) is 0 Å². The van der Waals surface area contributed by atoms with Gasteiger partial charge in [0.2, 0.25) is 0 Å². The largest absolute Gasteiger partial charge is 0.501 e. The summed E-state index contributed by atoms with van der Waals surface area (Å²) in [6.45, 7) is 11.0. The summed E-state index contributed by atoms with van der Waals surface area (Å²) in [5.74, 6) is 0. The van der Waals surface area contributed by atoms with Gasteiger partial charge in [0.25, 0.3) is 0 Å². The average molecular weight is 158 g/mol. The third-order valence-corrected chi connectivity index (χ3v) is 1.12. The van der Waals surface area contributed by atoms with Gasteiger partial charge in [0.05, 0.1) is 12.9 Å². The molecule has 1 nitrogen and oxygen atoms in total. The van der Waals surface area contributed by atoms with Crippen LogP contribution in [0.5, 0.6) is 0 Å². The molecule has 0 bridgehead atoms. The molecule has 68 valence electrons. The minimum atomic E-state index is 0.914. The fourth-order valence-electron chi connectivity index (χ4n) is 0.694. The van der Waals surface area contributed by atoms with Crippen molar-refractivity contribution in [2.24, 2.45) is 0 Å². The first kappa shape index (κ1) is 13.2. The van der Waals surface area contributed by atoms with Gasteiger partial charge in [-0.05, 0) is 25.3 Å². The van der Waals surface area contributed by atoms with Crippen molar-refractivity contribution in [3.8, 4) is 0 Å². The Hall–Kier alpha value is -0.460. The van der Waals surface area contributed by atoms with Gasteiger partial charge < -0.3 is 4.74 Å². The highest BCUT2D eigenvalue weighted by molar-refractivity contribution is 4.94. The summed E-state index contributed by atoms with van der Waals surface area (Å²) in [6, 6.07) is 0. The molecule has 0 aliphatic carbocycles. The zero-order chi connectivity index (χ0) is 9.11. The van der Waals surface area contributed by atoms with E-state index in [1.165, 1.54) is 18.4 Å². The Morgan fingerprint density at radius 2 is 1.73 bits per heavy atom. The van der Waals surface area contributed by atoms with E-state index < -0.39 is 0 Å². The van der Waals surface area contributed by atoms with Crippen molar-refractivity contribution < 1.29 is 4.74 Å². The molecule has 0 saturated heterocycles. The van der Waals surface area contributed by atoms with E-state index >= 15 is 0 Å². The lowest BCUT2D eigenvalue weighted by molar-refractivity contribution is 0.225. The summed E-state index contributed by atoms with van der Waals surface area (Å²) >= 11 is 0. The molecule has 1 rings (SSSR count). The van der Waals surface area contributed by atoms with Gasteiger partial charge in [-0.3, -0.25) is 0 Å². The lowest BCUT2D eigenvalue weighted by atomic mass is 10.2. The molecule has 0 radical (unpaired) electrons. The van der Waals surface area contributed by atoms with E-state index in [9.17, 15) is 0 Å². The molecule has 0 unspecified atom stereocenters. The normalized spacial score (nSPS) is 14.1. The quantitative estimate of drug-likeness (QED) is 0.521. The van der Waals surface area contributed by atoms with Gasteiger partial charge in [-0.15, -0.1) is 0 Å². The summed E-state index contributed by atoms with van der Waals surface area (Å²) in [5.41, 5.74) is 1.37. The van der Waals surface area contributed by atoms with Gasteiger partial charge in [-0.25, -0.2) is 0 Å². The van der Waals surface area contributed by atoms with Crippen LogP contribution in [0.15, 0.2) is 11.8 Å². The molecule has 0 aromatic heterocycles. The van der Waals surface area contributed by atoms with Gasteiger partial charge in [-0.2, -0.15) is 0 Å². The van der Waals surface area contributed by atoms with Crippen molar-refractivity contribution >= 4 is 0 Å². The second-order valence-electron chi connectivity index (χ2n) is 1.94. The van der Waals surface area contributed by atoms with E-state index in [4.69, 9.17) is 4.74 Å². The van der Waals surface area contributed by atoms with Crippen molar-refractivity contribution in [3.05, 3.63) is 11.8 Å². The number of allylic oxidation sites excluding steroid dienone is 1. The highest BCUT2D eigenvalue weighted by Gasteiger charge is 1.95. The number of rotatable bonds is 0. The molecule has 0 saturated carbocycles. The second-order valence-corrected chi connectivity index (χ2v) is 1.94. The highest BCUT2D eigenvalue weighted by Crippen LogP contribution is 2.08. The fourth-order valence-corrected chi connectivity index (χ4v) is 0.694. The fraction of sp³-hybridized carbons (Fsp3) is 0.800. The lowest BCUT2D eigenvalue weighted by Crippen LogP contribution is -1.95. The highest BCUT2D eigenvalue weighted by atomic mass is 16.5. The predicted octanol–water partition coefficient (Wildman–Crippen LogP) is 3.75. The minimum absolute atomic E-state index is 0.914. The van der Waals surface area contributed by atoms with Crippen LogP contribution in [0.25, 0.3) is 0 Å². The van der Waals surface area contributed by atoms with Crippen LogP contribution in [0.4, 0.5) is 0 Å². The Bertz CT molecular complexity index is 84.9. The van der Waals surface area contributed by atoms with Crippen molar-refractivity contribution in [2.75, 3.05) is 6.61 Å². The van der Waals surface area contributed by atoms with E-state index in [2.05, 4.69) is 6.92 Å². The molecule has 11 heavy (non-hydrogen) atoms. The van der Waals surface area contributed by atoms with Crippen LogP contribution in [-0.2, 0) is 4.74 Å². The molecule has 0 spiro atoms. The Morgan fingerprint density at radius 1 is 1.18 bits per heavy atom. The van der Waals surface area contributed by atoms with Gasteiger partial charge in [-0.1, -0.05) is 27.7 Å². The molecule has 0 atom stereocenters. The van der Waals surface area contributed by atoms with E-state index in [-0.39, 0.29) is 0 Å². The first-order chi connectivity index (χ1) is 5.39. The molecule has 0 amide bonds. The van der Waals surface area contributed by atoms with Crippen LogP contribution >= 0.6 is 0 Å². The zero-order valence-corrected chi connectivity index (χ0v) is 8.61. The summed E-state index contributed by atoms with van der Waals surface area (Å²) in [5, 5.41) is 0. The molecule has 0 N–H and O–H groups in total. The maximum Gasteiger partial charge on any atom is 0.0876 e. The van der Waals surface area contributed by atoms with Gasteiger partial charge in [0.1, 0.15) is 0 Å². The molecule has 1 aliphatic heterocycles. The third kappa shape index (κ3) is 9.54. The standard InChI is InChI=1S/C6H10O.2C2H6/c1-6-3-2-4-7-5-6;2*1-2/h5H,2-4H2,1H3;2*1-2H3. The molecule has 0 fully saturated rings. The second kappa shape index (κ2) is 12.2. The summed E-state index contributed by atoms with van der Waals surface area (Å²) in [4.78, 5) is 0. The van der Waals surface area contributed by atoms with E-state index in [0.29, 0.717) is 0 Å². The van der Waals surface area contributed by atoms with Gasteiger partial charge >= 0.3 is 0 Å². The third-order valence-electron chi connectivity index (χ3n) is 1.12. The maximum absolute atomic E-state index is 5.02. The first-order valence-corrected chi connectivity index (χ1v) is 4.67. The molecule has 1 heterocycles. The number of ether oxygens (including phenoxy) is 1. The zero-order valence-electron chi connectivity index (χ0n) is 8.61. The smallest absolute Gasteiger partial charge is 0.0876 e. The van der Waals surface area contributed by atoms with Crippen LogP contribution in [0.2, 0.25) is 0 Å². The molecular formula is C10H22O. The van der Waals surface area contributed by atoms with Crippen molar-refractivity contribution in [3.63, 3.8) is 0 Å². The van der Waals surface area contributed by atoms with Crippen LogP contribution < -0.4 is 0 Å². The first-order valence-electron chi connectivity index (χ1n) is 4.67. The van der Waals surface area contributed by atoms with Crippen molar-refractivity contribution in [1.82, 2.24) is 0 Å². The van der Waals surface area contributed by atoms with Crippen LogP contribution in [0, 0.1) is 0 Å². The summed E-state index contributed by atoms with van der Waals surface area (Å²) < 4.78 is 5.02. The molecular weight excluding hydrogens is 136 g/mol. The molecule has 1 aliphatic rings. The van der Waals surface area contributed by atoms with Crippen molar-refractivity contribution in [1.29, 1.82) is 0 Å². The monoisotopic (exact) mass is 158 g/mol. The van der Waals surface area contributed by atoms with Crippen LogP contribution in [-0.4, -0.2) is 6.61 Å². The van der Waals surface area contributed by atoms with Gasteiger partial charge in [0, 0.05) is 0 Å².